The highest BCUT2D eigenvalue weighted by molar-refractivity contribution is 5.74. The van der Waals surface area contributed by atoms with Crippen molar-refractivity contribution in [2.75, 3.05) is 13.2 Å². The summed E-state index contributed by atoms with van der Waals surface area (Å²) in [5, 5.41) is 9.81. The molecule has 0 amide bonds. The molecule has 1 aliphatic rings. The topological polar surface area (TPSA) is 104 Å². The second-order valence-electron chi connectivity index (χ2n) is 9.38. The Morgan fingerprint density at radius 3 is 2.32 bits per heavy atom. The van der Waals surface area contributed by atoms with Gasteiger partial charge < -0.3 is 24.7 Å². The molecule has 1 atom stereocenters. The molecule has 0 bridgehead atoms. The molecular weight excluding hydrogens is 480 g/mol. The van der Waals surface area contributed by atoms with E-state index in [-0.39, 0.29) is 12.5 Å². The van der Waals surface area contributed by atoms with Crippen LogP contribution in [0, 0.1) is 11.3 Å². The van der Waals surface area contributed by atoms with Crippen molar-refractivity contribution in [2.24, 2.45) is 5.73 Å². The van der Waals surface area contributed by atoms with E-state index < -0.39 is 11.9 Å². The molecule has 0 radical (unpaired) electrons. The first-order valence-corrected chi connectivity index (χ1v) is 12.8. The zero-order valence-corrected chi connectivity index (χ0v) is 21.9. The van der Waals surface area contributed by atoms with E-state index in [0.29, 0.717) is 35.3 Å². The number of carbonyl (C=O) groups excluding carboxylic acids is 1. The lowest BCUT2D eigenvalue weighted by molar-refractivity contribution is -0.136. The molecule has 38 heavy (non-hydrogen) atoms. The molecule has 0 aliphatic carbocycles. The Balaban J connectivity index is 1.47. The Kier molecular flexibility index (Phi) is 8.55. The number of nitrogens with zero attached hydrogens (tertiary/aromatic N) is 1. The first-order chi connectivity index (χ1) is 18.4. The van der Waals surface area contributed by atoms with E-state index in [1.807, 2.05) is 48.5 Å². The average Bonchev–Trinajstić information content (AvgIpc) is 2.92. The molecule has 3 aromatic rings. The molecule has 7 heteroatoms. The summed E-state index contributed by atoms with van der Waals surface area (Å²) in [5.41, 5.74) is 9.25. The molecule has 1 aliphatic heterocycles. The van der Waals surface area contributed by atoms with Crippen molar-refractivity contribution in [3.8, 4) is 29.1 Å². The minimum atomic E-state index is -0.551. The fourth-order valence-electron chi connectivity index (χ4n) is 4.19. The van der Waals surface area contributed by atoms with Gasteiger partial charge in [-0.15, -0.1) is 0 Å². The van der Waals surface area contributed by atoms with Gasteiger partial charge in [-0.05, 0) is 53.8 Å². The largest absolute Gasteiger partial charge is 0.494 e. The molecule has 3 aromatic carbocycles. The number of nitriles is 1. The quantitative estimate of drug-likeness (QED) is 0.196. The van der Waals surface area contributed by atoms with Crippen LogP contribution in [0.3, 0.4) is 0 Å². The summed E-state index contributed by atoms with van der Waals surface area (Å²) in [6.07, 6.45) is 2.04. The Labute approximate surface area is 223 Å². The van der Waals surface area contributed by atoms with Crippen LogP contribution >= 0.6 is 0 Å². The van der Waals surface area contributed by atoms with Gasteiger partial charge in [0.25, 0.3) is 0 Å². The second kappa shape index (κ2) is 12.2. The Hall–Kier alpha value is -4.44. The van der Waals surface area contributed by atoms with Crippen molar-refractivity contribution in [3.63, 3.8) is 0 Å². The van der Waals surface area contributed by atoms with Crippen LogP contribution in [0.4, 0.5) is 0 Å². The predicted molar refractivity (Wildman–Crippen MR) is 144 cm³/mol. The van der Waals surface area contributed by atoms with Crippen LogP contribution in [0.1, 0.15) is 62.1 Å². The smallest absolute Gasteiger partial charge is 0.349 e. The fraction of sp³-hybridized carbons (Fsp3) is 0.290. The number of nitrogens with two attached hydrogens (primary N) is 1. The van der Waals surface area contributed by atoms with Gasteiger partial charge in [-0.3, -0.25) is 0 Å². The van der Waals surface area contributed by atoms with Crippen molar-refractivity contribution in [3.05, 3.63) is 94.9 Å². The zero-order chi connectivity index (χ0) is 27.1. The normalized spacial score (nSPS) is 14.3. The molecule has 2 N–H and O–H groups in total. The maximum absolute atomic E-state index is 12.4. The molecular formula is C31H32N2O5. The number of benzene rings is 3. The third kappa shape index (κ3) is 6.27. The number of rotatable bonds is 10. The predicted octanol–water partition coefficient (Wildman–Crippen LogP) is 6.19. The van der Waals surface area contributed by atoms with Crippen molar-refractivity contribution in [1.82, 2.24) is 0 Å². The highest BCUT2D eigenvalue weighted by Crippen LogP contribution is 2.43. The van der Waals surface area contributed by atoms with Gasteiger partial charge in [-0.2, -0.15) is 5.26 Å². The lowest BCUT2D eigenvalue weighted by Gasteiger charge is -2.26. The van der Waals surface area contributed by atoms with E-state index in [1.165, 1.54) is 5.56 Å². The van der Waals surface area contributed by atoms with Gasteiger partial charge in [-0.25, -0.2) is 4.79 Å². The van der Waals surface area contributed by atoms with E-state index in [0.717, 1.165) is 29.7 Å². The van der Waals surface area contributed by atoms with E-state index in [1.54, 1.807) is 18.2 Å². The van der Waals surface area contributed by atoms with E-state index >= 15 is 0 Å². The molecule has 196 valence electrons. The molecule has 0 saturated heterocycles. The first kappa shape index (κ1) is 26.6. The number of hydrogen-bond acceptors (Lipinski definition) is 7. The molecule has 0 aromatic heterocycles. The van der Waals surface area contributed by atoms with Gasteiger partial charge >= 0.3 is 5.97 Å². The number of hydrogen-bond donors (Lipinski definition) is 1. The van der Waals surface area contributed by atoms with Gasteiger partial charge in [0.05, 0.1) is 12.5 Å². The minimum absolute atomic E-state index is 0.0185. The molecule has 0 saturated carbocycles. The summed E-state index contributed by atoms with van der Waals surface area (Å²) in [4.78, 5) is 12.4. The summed E-state index contributed by atoms with van der Waals surface area (Å²) in [6, 6.07) is 22.5. The minimum Gasteiger partial charge on any atom is -0.494 e. The van der Waals surface area contributed by atoms with Crippen LogP contribution in [0.15, 0.2) is 78.2 Å². The SMILES string of the molecule is CCCCOc1ccc(C2C(C#N)=C(N)Oc3cc(OC(=O)COc4ccc(C(C)C)cc4)ccc32)cc1. The molecule has 0 fully saturated rings. The van der Waals surface area contributed by atoms with Crippen LogP contribution in [0.25, 0.3) is 0 Å². The number of esters is 1. The zero-order valence-electron chi connectivity index (χ0n) is 21.9. The van der Waals surface area contributed by atoms with E-state index in [2.05, 4.69) is 26.8 Å². The number of ether oxygens (including phenoxy) is 4. The van der Waals surface area contributed by atoms with Crippen LogP contribution in [0.2, 0.25) is 0 Å². The van der Waals surface area contributed by atoms with E-state index in [9.17, 15) is 10.1 Å². The molecule has 1 unspecified atom stereocenters. The maximum Gasteiger partial charge on any atom is 0.349 e. The summed E-state index contributed by atoms with van der Waals surface area (Å²) in [7, 11) is 0. The summed E-state index contributed by atoms with van der Waals surface area (Å²) in [6.45, 7) is 6.75. The maximum atomic E-state index is 12.4. The summed E-state index contributed by atoms with van der Waals surface area (Å²) < 4.78 is 22.6. The van der Waals surface area contributed by atoms with Gasteiger partial charge in [0.2, 0.25) is 5.88 Å². The number of fused-ring (bicyclic) bond motifs is 1. The van der Waals surface area contributed by atoms with Gasteiger partial charge in [-0.1, -0.05) is 57.5 Å². The van der Waals surface area contributed by atoms with Crippen LogP contribution in [0.5, 0.6) is 23.0 Å². The van der Waals surface area contributed by atoms with Gasteiger partial charge in [0.1, 0.15) is 34.6 Å². The van der Waals surface area contributed by atoms with Crippen LogP contribution in [-0.2, 0) is 4.79 Å². The standard InChI is InChI=1S/C31H32N2O5/c1-4-5-16-35-23-12-8-22(9-13-23)30-26-15-14-25(17-28(26)38-31(33)27(30)18-32)37-29(34)19-36-24-10-6-21(7-11-24)20(2)3/h6-15,17,20,30H,4-5,16,19,33H2,1-3H3. The average molecular weight is 513 g/mol. The molecule has 1 heterocycles. The Morgan fingerprint density at radius 1 is 1.00 bits per heavy atom. The highest BCUT2D eigenvalue weighted by Gasteiger charge is 2.31. The van der Waals surface area contributed by atoms with E-state index in [4.69, 9.17) is 24.7 Å². The van der Waals surface area contributed by atoms with Gasteiger partial charge in [0, 0.05) is 11.6 Å². The Morgan fingerprint density at radius 2 is 1.66 bits per heavy atom. The van der Waals surface area contributed by atoms with Crippen molar-refractivity contribution in [1.29, 1.82) is 5.26 Å². The monoisotopic (exact) mass is 512 g/mol. The third-order valence-electron chi connectivity index (χ3n) is 6.31. The fourth-order valence-corrected chi connectivity index (χ4v) is 4.19. The lowest BCUT2D eigenvalue weighted by Crippen LogP contribution is -2.21. The molecule has 0 spiro atoms. The Bertz CT molecular complexity index is 1340. The van der Waals surface area contributed by atoms with Crippen LogP contribution in [-0.4, -0.2) is 19.2 Å². The number of carbonyl (C=O) groups is 1. The molecule has 7 nitrogen and oxygen atoms in total. The molecule has 4 rings (SSSR count). The second-order valence-corrected chi connectivity index (χ2v) is 9.38. The first-order valence-electron chi connectivity index (χ1n) is 12.8. The van der Waals surface area contributed by atoms with Crippen molar-refractivity contribution in [2.45, 2.75) is 45.4 Å². The lowest BCUT2D eigenvalue weighted by atomic mass is 9.83. The third-order valence-corrected chi connectivity index (χ3v) is 6.31. The van der Waals surface area contributed by atoms with Crippen molar-refractivity contribution >= 4 is 5.97 Å². The van der Waals surface area contributed by atoms with Crippen molar-refractivity contribution < 1.29 is 23.7 Å². The number of unbranched alkanes of at least 4 members (excludes halogenated alkanes) is 1. The van der Waals surface area contributed by atoms with Crippen LogP contribution < -0.4 is 24.7 Å². The summed E-state index contributed by atoms with van der Waals surface area (Å²) in [5.74, 6) is 1.53. The summed E-state index contributed by atoms with van der Waals surface area (Å²) >= 11 is 0. The highest BCUT2D eigenvalue weighted by atomic mass is 16.6. The number of allylic oxidation sites excluding steroid dienone is 1. The van der Waals surface area contributed by atoms with Gasteiger partial charge in [0.15, 0.2) is 6.61 Å².